The molecule has 1 spiro atoms. The number of likely N-dealkylation sites (tertiary alicyclic amines) is 2. The van der Waals surface area contributed by atoms with Crippen LogP contribution in [0.1, 0.15) is 45.2 Å². The Morgan fingerprint density at radius 2 is 1.86 bits per heavy atom. The number of nitrogens with zero attached hydrogens (tertiary/aromatic N) is 2. The molecule has 2 heterocycles. The van der Waals surface area contributed by atoms with Crippen LogP contribution in [0.15, 0.2) is 30.3 Å². The first kappa shape index (κ1) is 19.0. The number of ether oxygens (including phenoxy) is 1. The molecule has 1 aromatic rings. The van der Waals surface area contributed by atoms with Gasteiger partial charge in [0.05, 0.1) is 12.2 Å². The summed E-state index contributed by atoms with van der Waals surface area (Å²) in [4.78, 5) is 27.9. The minimum absolute atomic E-state index is 0. The normalized spacial score (nSPS) is 22.0. The minimum Gasteiger partial charge on any atom is -0.478 e. The highest BCUT2D eigenvalue weighted by atomic mass is 16.6. The van der Waals surface area contributed by atoms with E-state index in [9.17, 15) is 14.7 Å². The van der Waals surface area contributed by atoms with Gasteiger partial charge in [0.25, 0.3) is 0 Å². The van der Waals surface area contributed by atoms with Crippen LogP contribution in [0, 0.1) is 0 Å². The molecule has 1 N–H and O–H groups in total. The van der Waals surface area contributed by atoms with E-state index in [1.54, 1.807) is 4.90 Å². The maximum Gasteiger partial charge on any atom is 0.409 e. The van der Waals surface area contributed by atoms with Crippen molar-refractivity contribution in [3.63, 3.8) is 0 Å². The SMILES string of the molecule is CCOC(=O)N1CCC(N2CCC3(C=C(C(=O)O)c4ccccc43)CC2)CC1.[HH]. The molecular weight excluding hydrogens is 356 g/mol. The number of benzene rings is 1. The molecule has 0 unspecified atom stereocenters. The number of amides is 1. The lowest BCUT2D eigenvalue weighted by atomic mass is 9.74. The summed E-state index contributed by atoms with van der Waals surface area (Å²) in [5, 5.41) is 9.62. The van der Waals surface area contributed by atoms with Gasteiger partial charge < -0.3 is 19.6 Å². The van der Waals surface area contributed by atoms with E-state index in [0.29, 0.717) is 18.2 Å². The van der Waals surface area contributed by atoms with Crippen LogP contribution in [0.5, 0.6) is 0 Å². The Hall–Kier alpha value is -2.34. The molecule has 0 aromatic heterocycles. The van der Waals surface area contributed by atoms with Crippen molar-refractivity contribution in [2.45, 2.75) is 44.1 Å². The van der Waals surface area contributed by atoms with Crippen LogP contribution in [0.25, 0.3) is 5.57 Å². The Morgan fingerprint density at radius 1 is 1.18 bits per heavy atom. The van der Waals surface area contributed by atoms with Crippen LogP contribution in [0.3, 0.4) is 0 Å². The topological polar surface area (TPSA) is 70.1 Å². The summed E-state index contributed by atoms with van der Waals surface area (Å²) < 4.78 is 5.11. The van der Waals surface area contributed by atoms with E-state index >= 15 is 0 Å². The Bertz CT molecular complexity index is 794. The van der Waals surface area contributed by atoms with Crippen LogP contribution in [0.2, 0.25) is 0 Å². The van der Waals surface area contributed by atoms with E-state index in [-0.39, 0.29) is 12.9 Å². The predicted molar refractivity (Wildman–Crippen MR) is 108 cm³/mol. The molecule has 2 fully saturated rings. The minimum atomic E-state index is -0.835. The van der Waals surface area contributed by atoms with Gasteiger partial charge in [-0.25, -0.2) is 9.59 Å². The molecule has 2 aliphatic heterocycles. The Morgan fingerprint density at radius 3 is 2.50 bits per heavy atom. The Balaban J connectivity index is 0.00000240. The zero-order valence-electron chi connectivity index (χ0n) is 16.4. The number of piperidine rings is 2. The lowest BCUT2D eigenvalue weighted by Gasteiger charge is -2.44. The first-order chi connectivity index (χ1) is 13.5. The number of rotatable bonds is 3. The molecule has 0 atom stereocenters. The molecule has 6 nitrogen and oxygen atoms in total. The van der Waals surface area contributed by atoms with Crippen LogP contribution in [-0.2, 0) is 14.9 Å². The van der Waals surface area contributed by atoms with E-state index < -0.39 is 5.97 Å². The van der Waals surface area contributed by atoms with Crippen LogP contribution >= 0.6 is 0 Å². The summed E-state index contributed by atoms with van der Waals surface area (Å²) in [6.07, 6.45) is 5.63. The molecule has 4 rings (SSSR count). The molecule has 0 bridgehead atoms. The monoisotopic (exact) mass is 386 g/mol. The van der Waals surface area contributed by atoms with E-state index in [1.807, 2.05) is 31.2 Å². The smallest absolute Gasteiger partial charge is 0.409 e. The molecule has 1 aliphatic carbocycles. The van der Waals surface area contributed by atoms with E-state index in [0.717, 1.165) is 57.4 Å². The summed E-state index contributed by atoms with van der Waals surface area (Å²) in [5.74, 6) is -0.835. The lowest BCUT2D eigenvalue weighted by molar-refractivity contribution is -0.130. The van der Waals surface area contributed by atoms with Crippen molar-refractivity contribution in [2.75, 3.05) is 32.8 Å². The highest BCUT2D eigenvalue weighted by Gasteiger charge is 2.43. The molecule has 1 amide bonds. The summed E-state index contributed by atoms with van der Waals surface area (Å²) >= 11 is 0. The first-order valence-corrected chi connectivity index (χ1v) is 10.3. The molecule has 0 saturated carbocycles. The number of hydrogen-bond acceptors (Lipinski definition) is 4. The largest absolute Gasteiger partial charge is 0.478 e. The number of carboxylic acid groups (broad SMARTS) is 1. The number of carbonyl (C=O) groups is 2. The van der Waals surface area contributed by atoms with Gasteiger partial charge in [-0.05, 0) is 56.8 Å². The van der Waals surface area contributed by atoms with Gasteiger partial charge in [0.15, 0.2) is 0 Å². The number of aliphatic carboxylic acids is 1. The van der Waals surface area contributed by atoms with Crippen molar-refractivity contribution in [1.82, 2.24) is 9.80 Å². The molecule has 3 aliphatic rings. The molecule has 1 aromatic carbocycles. The highest BCUT2D eigenvalue weighted by molar-refractivity contribution is 6.17. The van der Waals surface area contributed by atoms with Gasteiger partial charge in [0, 0.05) is 26.0 Å². The maximum atomic E-state index is 11.9. The number of carboxylic acids is 1. The fourth-order valence-corrected chi connectivity index (χ4v) is 5.09. The third-order valence-corrected chi connectivity index (χ3v) is 6.60. The summed E-state index contributed by atoms with van der Waals surface area (Å²) in [7, 11) is 0. The standard InChI is InChI=1S/C22H28N2O4.H2/c1-2-28-21(27)24-11-7-16(8-12-24)23-13-9-22(10-14-23)15-18(20(25)26)17-5-3-4-6-19(17)22;/h3-6,15-16H,2,7-14H2,1H3,(H,25,26);1H. The quantitative estimate of drug-likeness (QED) is 0.862. The predicted octanol–water partition coefficient (Wildman–Crippen LogP) is 3.37. The number of carbonyl (C=O) groups excluding carboxylic acids is 1. The third-order valence-electron chi connectivity index (χ3n) is 6.60. The average molecular weight is 386 g/mol. The summed E-state index contributed by atoms with van der Waals surface area (Å²) in [6, 6.07) is 8.44. The second kappa shape index (κ2) is 7.59. The maximum absolute atomic E-state index is 11.9. The fraction of sp³-hybridized carbons (Fsp3) is 0.545. The van der Waals surface area contributed by atoms with Crippen molar-refractivity contribution < 1.29 is 20.9 Å². The van der Waals surface area contributed by atoms with Crippen LogP contribution in [0.4, 0.5) is 4.79 Å². The van der Waals surface area contributed by atoms with Gasteiger partial charge in [0.1, 0.15) is 0 Å². The number of allylic oxidation sites excluding steroid dienone is 1. The van der Waals surface area contributed by atoms with E-state index in [2.05, 4.69) is 11.0 Å². The highest BCUT2D eigenvalue weighted by Crippen LogP contribution is 2.47. The van der Waals surface area contributed by atoms with Gasteiger partial charge >= 0.3 is 12.1 Å². The number of fused-ring (bicyclic) bond motifs is 2. The Labute approximate surface area is 167 Å². The zero-order valence-corrected chi connectivity index (χ0v) is 16.4. The zero-order chi connectivity index (χ0) is 19.7. The third kappa shape index (κ3) is 3.30. The fourth-order valence-electron chi connectivity index (χ4n) is 5.09. The first-order valence-electron chi connectivity index (χ1n) is 10.3. The van der Waals surface area contributed by atoms with Crippen molar-refractivity contribution in [3.8, 4) is 0 Å². The molecular formula is C22H30N2O4. The van der Waals surface area contributed by atoms with Gasteiger partial charge in [-0.15, -0.1) is 0 Å². The number of hydrogen-bond donors (Lipinski definition) is 1. The second-order valence-corrected chi connectivity index (χ2v) is 8.02. The molecule has 2 saturated heterocycles. The molecule has 6 heteroatoms. The van der Waals surface area contributed by atoms with E-state index in [1.165, 1.54) is 5.56 Å². The molecule has 152 valence electrons. The summed E-state index contributed by atoms with van der Waals surface area (Å²) in [6.45, 7) is 5.66. The lowest BCUT2D eigenvalue weighted by Crippen LogP contribution is -2.51. The van der Waals surface area contributed by atoms with Gasteiger partial charge in [-0.1, -0.05) is 30.3 Å². The van der Waals surface area contributed by atoms with Crippen molar-refractivity contribution >= 4 is 17.6 Å². The molecule has 28 heavy (non-hydrogen) atoms. The summed E-state index contributed by atoms with van der Waals surface area (Å²) in [5.41, 5.74) is 2.36. The van der Waals surface area contributed by atoms with Gasteiger partial charge in [-0.2, -0.15) is 0 Å². The average Bonchev–Trinajstić information content (AvgIpc) is 3.04. The van der Waals surface area contributed by atoms with Crippen LogP contribution < -0.4 is 0 Å². The second-order valence-electron chi connectivity index (χ2n) is 8.02. The van der Waals surface area contributed by atoms with E-state index in [4.69, 9.17) is 4.74 Å². The molecule has 0 radical (unpaired) electrons. The van der Waals surface area contributed by atoms with Crippen molar-refractivity contribution in [2.24, 2.45) is 0 Å². The van der Waals surface area contributed by atoms with Crippen molar-refractivity contribution in [1.29, 1.82) is 0 Å². The van der Waals surface area contributed by atoms with Gasteiger partial charge in [0.2, 0.25) is 0 Å². The van der Waals surface area contributed by atoms with Gasteiger partial charge in [-0.3, -0.25) is 0 Å². The van der Waals surface area contributed by atoms with Crippen LogP contribution in [-0.4, -0.2) is 65.8 Å². The van der Waals surface area contributed by atoms with Crippen molar-refractivity contribution in [3.05, 3.63) is 41.5 Å². The Kier molecular flexibility index (Phi) is 5.15.